The normalized spacial score (nSPS) is 13.3. The van der Waals surface area contributed by atoms with Crippen LogP contribution in [-0.2, 0) is 9.05 Å². The van der Waals surface area contributed by atoms with Crippen LogP contribution in [0.15, 0.2) is 0 Å². The molecule has 0 bridgehead atoms. The monoisotopic (exact) mass is 274 g/mol. The van der Waals surface area contributed by atoms with Crippen molar-refractivity contribution in [2.75, 3.05) is 4.59 Å². The van der Waals surface area contributed by atoms with Gasteiger partial charge < -0.3 is 0 Å². The zero-order valence-corrected chi connectivity index (χ0v) is 11.6. The summed E-state index contributed by atoms with van der Waals surface area (Å²) in [6.07, 6.45) is 0. The molecule has 0 saturated carbocycles. The van der Waals surface area contributed by atoms with E-state index in [-0.39, 0.29) is 4.59 Å². The second-order valence-electron chi connectivity index (χ2n) is 3.24. The van der Waals surface area contributed by atoms with Gasteiger partial charge in [0.15, 0.2) is 0 Å². The summed E-state index contributed by atoms with van der Waals surface area (Å²) >= 11 is -2.08. The van der Waals surface area contributed by atoms with Crippen LogP contribution in [0, 0.1) is 0 Å². The number of halogens is 1. The molecule has 0 aliphatic rings. The van der Waals surface area contributed by atoms with E-state index in [0.29, 0.717) is 0 Å². The number of hydrogen-bond acceptors (Lipinski definition) is 2. The summed E-state index contributed by atoms with van der Waals surface area (Å²) in [6, 6.07) is 0. The fourth-order valence-electron chi connectivity index (χ4n) is 1.42. The molecule has 0 aromatic rings. The van der Waals surface area contributed by atoms with Crippen LogP contribution in [0.3, 0.4) is 0 Å². The zero-order valence-electron chi connectivity index (χ0n) is 7.93. The van der Waals surface area contributed by atoms with E-state index >= 15 is 0 Å². The molecule has 0 aromatic carbocycles. The molecular weight excluding hydrogens is 256 g/mol. The Labute approximate surface area is 82.5 Å². The van der Waals surface area contributed by atoms with Crippen LogP contribution in [0.2, 0.25) is 15.8 Å². The minimum atomic E-state index is -3.26. The van der Waals surface area contributed by atoms with Crippen LogP contribution in [0.4, 0.5) is 0 Å². The molecule has 2 nitrogen and oxygen atoms in total. The first kappa shape index (κ1) is 12.8. The van der Waals surface area contributed by atoms with Gasteiger partial charge in [0, 0.05) is 0 Å². The predicted molar refractivity (Wildman–Crippen MR) is 56.8 cm³/mol. The van der Waals surface area contributed by atoms with Gasteiger partial charge in [0.05, 0.1) is 0 Å². The Morgan fingerprint density at radius 2 is 1.42 bits per heavy atom. The third-order valence-corrected chi connectivity index (χ3v) is 20.9. The van der Waals surface area contributed by atoms with Gasteiger partial charge in [0.25, 0.3) is 0 Å². The van der Waals surface area contributed by atoms with Crippen molar-refractivity contribution < 1.29 is 8.42 Å². The Hall–Kier alpha value is 0.783. The van der Waals surface area contributed by atoms with Gasteiger partial charge >= 0.3 is 82.5 Å². The van der Waals surface area contributed by atoms with Crippen molar-refractivity contribution in [3.63, 3.8) is 0 Å². The zero-order chi connectivity index (χ0) is 9.83. The molecule has 5 heteroatoms. The molecule has 0 spiro atoms. The second-order valence-corrected chi connectivity index (χ2v) is 18.6. The van der Waals surface area contributed by atoms with E-state index in [1.807, 2.05) is 0 Å². The van der Waals surface area contributed by atoms with Gasteiger partial charge in [0.2, 0.25) is 0 Å². The van der Waals surface area contributed by atoms with Gasteiger partial charge in [-0.2, -0.15) is 0 Å². The minimum absolute atomic E-state index is 0.290. The van der Waals surface area contributed by atoms with Gasteiger partial charge in [-0.05, 0) is 0 Å². The standard InChI is InChI=1S/C7H17ClGeO2S/c1-4-9(5-2,6-3)7-12(8,10)11/h4-7H2,1-3H3. The predicted octanol–water partition coefficient (Wildman–Crippen LogP) is 2.60. The summed E-state index contributed by atoms with van der Waals surface area (Å²) in [4.78, 5) is 0. The van der Waals surface area contributed by atoms with E-state index < -0.39 is 22.3 Å². The van der Waals surface area contributed by atoms with Crippen LogP contribution in [0.25, 0.3) is 0 Å². The molecule has 74 valence electrons. The SMILES string of the molecule is C[CH2][Ge]([CH2]C)([CH2]C)[CH2]S(=O)(=O)Cl. The number of hydrogen-bond donors (Lipinski definition) is 0. The Morgan fingerprint density at radius 1 is 1.08 bits per heavy atom. The van der Waals surface area contributed by atoms with Gasteiger partial charge in [-0.3, -0.25) is 0 Å². The van der Waals surface area contributed by atoms with Crippen LogP contribution in [0.5, 0.6) is 0 Å². The average molecular weight is 273 g/mol. The molecule has 0 heterocycles. The van der Waals surface area contributed by atoms with E-state index in [1.54, 1.807) is 0 Å². The third kappa shape index (κ3) is 4.14. The fraction of sp³-hybridized carbons (Fsp3) is 1.00. The first-order valence-electron chi connectivity index (χ1n) is 4.31. The quantitative estimate of drug-likeness (QED) is 0.570. The maximum absolute atomic E-state index is 10.9. The van der Waals surface area contributed by atoms with Crippen LogP contribution >= 0.6 is 10.7 Å². The number of rotatable bonds is 5. The van der Waals surface area contributed by atoms with Gasteiger partial charge in [-0.1, -0.05) is 0 Å². The van der Waals surface area contributed by atoms with Gasteiger partial charge in [-0.15, -0.1) is 0 Å². The summed E-state index contributed by atoms with van der Waals surface area (Å²) in [5.41, 5.74) is 0. The molecule has 0 aromatic heterocycles. The molecule has 0 aliphatic heterocycles. The molecule has 0 aliphatic carbocycles. The van der Waals surface area contributed by atoms with Crippen molar-refractivity contribution in [1.82, 2.24) is 0 Å². The summed E-state index contributed by atoms with van der Waals surface area (Å²) < 4.78 is 22.2. The van der Waals surface area contributed by atoms with Crippen molar-refractivity contribution in [2.45, 2.75) is 36.5 Å². The average Bonchev–Trinajstić information content (AvgIpc) is 1.99. The van der Waals surface area contributed by atoms with Crippen molar-refractivity contribution >= 4 is 33.0 Å². The molecule has 0 saturated heterocycles. The van der Waals surface area contributed by atoms with Crippen molar-refractivity contribution in [3.05, 3.63) is 0 Å². The van der Waals surface area contributed by atoms with Crippen LogP contribution < -0.4 is 0 Å². The van der Waals surface area contributed by atoms with Gasteiger partial charge in [-0.25, -0.2) is 0 Å². The first-order chi connectivity index (χ1) is 5.39. The third-order valence-electron chi connectivity index (χ3n) is 2.73. The van der Waals surface area contributed by atoms with Crippen molar-refractivity contribution in [2.24, 2.45) is 0 Å². The summed E-state index contributed by atoms with van der Waals surface area (Å²) in [5, 5.41) is 3.16. The Kier molecular flexibility index (Phi) is 5.18. The van der Waals surface area contributed by atoms with Gasteiger partial charge in [0.1, 0.15) is 0 Å². The first-order valence-corrected chi connectivity index (χ1v) is 12.7. The molecule has 0 fully saturated rings. The van der Waals surface area contributed by atoms with E-state index in [1.165, 1.54) is 0 Å². The molecule has 0 N–H and O–H groups in total. The molecule has 0 unspecified atom stereocenters. The van der Waals surface area contributed by atoms with Crippen LogP contribution in [-0.4, -0.2) is 26.3 Å². The van der Waals surface area contributed by atoms with E-state index in [4.69, 9.17) is 10.7 Å². The van der Waals surface area contributed by atoms with E-state index in [9.17, 15) is 8.42 Å². The van der Waals surface area contributed by atoms with E-state index in [2.05, 4.69) is 20.8 Å². The van der Waals surface area contributed by atoms with E-state index in [0.717, 1.165) is 15.8 Å². The topological polar surface area (TPSA) is 34.1 Å². The Morgan fingerprint density at radius 3 is 1.50 bits per heavy atom. The molecule has 0 radical (unpaired) electrons. The Bertz CT molecular complexity index is 213. The van der Waals surface area contributed by atoms with Crippen LogP contribution in [0.1, 0.15) is 20.8 Å². The summed E-state index contributed by atoms with van der Waals surface area (Å²) in [7, 11) is 2.01. The molecule has 12 heavy (non-hydrogen) atoms. The fourth-order valence-corrected chi connectivity index (χ4v) is 18.0. The second kappa shape index (κ2) is 4.86. The summed E-state index contributed by atoms with van der Waals surface area (Å²) in [6.45, 7) is 6.28. The van der Waals surface area contributed by atoms with Crippen molar-refractivity contribution in [3.8, 4) is 0 Å². The Balaban J connectivity index is 4.52. The summed E-state index contributed by atoms with van der Waals surface area (Å²) in [5.74, 6) is 0. The maximum atomic E-state index is 10.9. The molecule has 0 rings (SSSR count). The molecule has 0 atom stereocenters. The molecular formula is C7H17ClGeO2S. The van der Waals surface area contributed by atoms with Crippen molar-refractivity contribution in [1.29, 1.82) is 0 Å². The molecule has 0 amide bonds.